The monoisotopic (exact) mass is 539 g/mol. The largest absolute Gasteiger partial charge is 0.256 e. The summed E-state index contributed by atoms with van der Waals surface area (Å²) in [5, 5.41) is 0. The maximum absolute atomic E-state index is 4.90. The van der Waals surface area contributed by atoms with Gasteiger partial charge in [0, 0.05) is 35.9 Å². The molecule has 0 bridgehead atoms. The molecule has 0 aliphatic heterocycles. The SMILES string of the molecule is c1ccc(-c2cc(-c3ccc(-c4cc(-c5ccccn5)nc(-c5ccccn5)c4)cc3)cc(-c3ccccn3)c2)nc1. The normalized spacial score (nSPS) is 10.9. The zero-order valence-corrected chi connectivity index (χ0v) is 22.7. The van der Waals surface area contributed by atoms with Gasteiger partial charge in [-0.2, -0.15) is 0 Å². The van der Waals surface area contributed by atoms with Gasteiger partial charge in [0.1, 0.15) is 0 Å². The highest BCUT2D eigenvalue weighted by molar-refractivity contribution is 5.81. The maximum Gasteiger partial charge on any atom is 0.0900 e. The van der Waals surface area contributed by atoms with Crippen molar-refractivity contribution in [1.82, 2.24) is 24.9 Å². The molecule has 7 aromatic rings. The first-order valence-corrected chi connectivity index (χ1v) is 13.7. The molecule has 0 spiro atoms. The zero-order valence-electron chi connectivity index (χ0n) is 22.7. The van der Waals surface area contributed by atoms with Gasteiger partial charge < -0.3 is 0 Å². The van der Waals surface area contributed by atoms with Crippen LogP contribution >= 0.6 is 0 Å². The molecule has 0 aliphatic rings. The molecule has 0 saturated carbocycles. The first kappa shape index (κ1) is 25.2. The summed E-state index contributed by atoms with van der Waals surface area (Å²) in [7, 11) is 0. The molecule has 0 fully saturated rings. The summed E-state index contributed by atoms with van der Waals surface area (Å²) in [6.45, 7) is 0. The van der Waals surface area contributed by atoms with E-state index in [4.69, 9.17) is 4.98 Å². The smallest absolute Gasteiger partial charge is 0.0900 e. The fraction of sp³-hybridized carbons (Fsp3) is 0. The van der Waals surface area contributed by atoms with Crippen LogP contribution in [0.5, 0.6) is 0 Å². The van der Waals surface area contributed by atoms with E-state index in [1.165, 1.54) is 0 Å². The third kappa shape index (κ3) is 5.31. The Hall–Kier alpha value is -5.81. The van der Waals surface area contributed by atoms with E-state index in [1.807, 2.05) is 85.2 Å². The molecular weight excluding hydrogens is 514 g/mol. The second kappa shape index (κ2) is 11.4. The maximum atomic E-state index is 4.90. The number of aromatic nitrogens is 5. The minimum Gasteiger partial charge on any atom is -0.256 e. The Balaban J connectivity index is 1.31. The molecule has 0 saturated heterocycles. The summed E-state index contributed by atoms with van der Waals surface area (Å²) < 4.78 is 0. The van der Waals surface area contributed by atoms with E-state index < -0.39 is 0 Å². The highest BCUT2D eigenvalue weighted by atomic mass is 14.8. The van der Waals surface area contributed by atoms with Gasteiger partial charge in [-0.05, 0) is 101 Å². The number of hydrogen-bond acceptors (Lipinski definition) is 5. The van der Waals surface area contributed by atoms with Gasteiger partial charge in [0.25, 0.3) is 0 Å². The van der Waals surface area contributed by atoms with E-state index in [9.17, 15) is 0 Å². The molecule has 2 aromatic carbocycles. The highest BCUT2D eigenvalue weighted by Crippen LogP contribution is 2.34. The standard InChI is InChI=1S/C37H25N5/c1-5-17-38-32(9-1)30-21-28(22-31(23-30)33-10-2-6-18-39-33)26-13-15-27(16-14-26)29-24-36(34-11-3-7-19-40-34)42-37(25-29)35-12-4-8-20-41-35/h1-25H. The van der Waals surface area contributed by atoms with Crippen molar-refractivity contribution >= 4 is 0 Å². The van der Waals surface area contributed by atoms with Gasteiger partial charge in [-0.3, -0.25) is 19.9 Å². The van der Waals surface area contributed by atoms with E-state index in [2.05, 4.69) is 74.5 Å². The molecular formula is C37H25N5. The zero-order chi connectivity index (χ0) is 28.1. The Morgan fingerprint density at radius 2 is 0.619 bits per heavy atom. The van der Waals surface area contributed by atoms with Crippen molar-refractivity contribution in [2.24, 2.45) is 0 Å². The molecule has 0 unspecified atom stereocenters. The molecule has 0 radical (unpaired) electrons. The van der Waals surface area contributed by atoms with Crippen molar-refractivity contribution in [3.8, 4) is 67.5 Å². The average Bonchev–Trinajstić information content (AvgIpc) is 3.09. The van der Waals surface area contributed by atoms with Gasteiger partial charge in [-0.15, -0.1) is 0 Å². The molecule has 0 N–H and O–H groups in total. The van der Waals surface area contributed by atoms with Crippen molar-refractivity contribution in [2.45, 2.75) is 0 Å². The van der Waals surface area contributed by atoms with Crippen LogP contribution in [-0.4, -0.2) is 24.9 Å². The van der Waals surface area contributed by atoms with Crippen molar-refractivity contribution in [3.05, 3.63) is 152 Å². The lowest BCUT2D eigenvalue weighted by molar-refractivity contribution is 1.22. The number of rotatable bonds is 6. The van der Waals surface area contributed by atoms with Crippen LogP contribution in [0.4, 0.5) is 0 Å². The summed E-state index contributed by atoms with van der Waals surface area (Å²) in [5.41, 5.74) is 11.5. The molecule has 0 amide bonds. The Bertz CT molecular complexity index is 1680. The topological polar surface area (TPSA) is 64.5 Å². The molecule has 7 rings (SSSR count). The van der Waals surface area contributed by atoms with E-state index >= 15 is 0 Å². The second-order valence-corrected chi connectivity index (χ2v) is 9.86. The number of benzene rings is 2. The molecule has 5 heterocycles. The number of nitrogens with zero attached hydrogens (tertiary/aromatic N) is 5. The van der Waals surface area contributed by atoms with Crippen LogP contribution in [0.2, 0.25) is 0 Å². The van der Waals surface area contributed by atoms with Gasteiger partial charge in [0.15, 0.2) is 0 Å². The fourth-order valence-corrected chi connectivity index (χ4v) is 5.00. The third-order valence-corrected chi connectivity index (χ3v) is 7.09. The Morgan fingerprint density at radius 1 is 0.262 bits per heavy atom. The van der Waals surface area contributed by atoms with Crippen molar-refractivity contribution in [2.75, 3.05) is 0 Å². The highest BCUT2D eigenvalue weighted by Gasteiger charge is 2.12. The lowest BCUT2D eigenvalue weighted by Crippen LogP contribution is -1.94. The lowest BCUT2D eigenvalue weighted by Gasteiger charge is -2.12. The molecule has 0 atom stereocenters. The first-order chi connectivity index (χ1) is 20.8. The van der Waals surface area contributed by atoms with Gasteiger partial charge in [0.2, 0.25) is 0 Å². The summed E-state index contributed by atoms with van der Waals surface area (Å²) >= 11 is 0. The molecule has 0 aliphatic carbocycles. The summed E-state index contributed by atoms with van der Waals surface area (Å²) in [6, 6.07) is 43.0. The predicted octanol–water partition coefficient (Wildman–Crippen LogP) is 8.66. The van der Waals surface area contributed by atoms with Gasteiger partial charge >= 0.3 is 0 Å². The summed E-state index contributed by atoms with van der Waals surface area (Å²) in [5.74, 6) is 0. The summed E-state index contributed by atoms with van der Waals surface area (Å²) in [4.78, 5) is 23.2. The summed E-state index contributed by atoms with van der Waals surface area (Å²) in [6.07, 6.45) is 7.23. The molecule has 42 heavy (non-hydrogen) atoms. The first-order valence-electron chi connectivity index (χ1n) is 13.7. The van der Waals surface area contributed by atoms with Crippen LogP contribution in [0.1, 0.15) is 0 Å². The van der Waals surface area contributed by atoms with Crippen LogP contribution in [0.3, 0.4) is 0 Å². The lowest BCUT2D eigenvalue weighted by atomic mass is 9.95. The van der Waals surface area contributed by atoms with E-state index in [-0.39, 0.29) is 0 Å². The molecule has 5 aromatic heterocycles. The average molecular weight is 540 g/mol. The predicted molar refractivity (Wildman–Crippen MR) is 168 cm³/mol. The van der Waals surface area contributed by atoms with Crippen LogP contribution in [0.15, 0.2) is 152 Å². The second-order valence-electron chi connectivity index (χ2n) is 9.86. The third-order valence-electron chi connectivity index (χ3n) is 7.09. The molecule has 198 valence electrons. The quantitative estimate of drug-likeness (QED) is 0.212. The number of pyridine rings is 5. The van der Waals surface area contributed by atoms with Crippen molar-refractivity contribution in [1.29, 1.82) is 0 Å². The van der Waals surface area contributed by atoms with E-state index in [1.54, 1.807) is 12.4 Å². The Morgan fingerprint density at radius 3 is 1.00 bits per heavy atom. The van der Waals surface area contributed by atoms with Crippen LogP contribution < -0.4 is 0 Å². The van der Waals surface area contributed by atoms with E-state index in [0.29, 0.717) is 0 Å². The number of hydrogen-bond donors (Lipinski definition) is 0. The van der Waals surface area contributed by atoms with Gasteiger partial charge in [-0.25, -0.2) is 4.98 Å². The minimum atomic E-state index is 0.806. The Labute approximate surface area is 244 Å². The van der Waals surface area contributed by atoms with Crippen LogP contribution in [-0.2, 0) is 0 Å². The Kier molecular flexibility index (Phi) is 6.81. The van der Waals surface area contributed by atoms with E-state index in [0.717, 1.165) is 67.5 Å². The van der Waals surface area contributed by atoms with Gasteiger partial charge in [0.05, 0.1) is 34.2 Å². The molecule has 5 nitrogen and oxygen atoms in total. The fourth-order valence-electron chi connectivity index (χ4n) is 5.00. The molecule has 5 heteroatoms. The van der Waals surface area contributed by atoms with Crippen LogP contribution in [0.25, 0.3) is 67.5 Å². The minimum absolute atomic E-state index is 0.806. The van der Waals surface area contributed by atoms with Crippen LogP contribution in [0, 0.1) is 0 Å². The van der Waals surface area contributed by atoms with Crippen molar-refractivity contribution < 1.29 is 0 Å². The van der Waals surface area contributed by atoms with Gasteiger partial charge in [-0.1, -0.05) is 48.5 Å². The van der Waals surface area contributed by atoms with Crippen molar-refractivity contribution in [3.63, 3.8) is 0 Å².